The highest BCUT2D eigenvalue weighted by Gasteiger charge is 2.39. The summed E-state index contributed by atoms with van der Waals surface area (Å²) in [4.78, 5) is 45.4. The second kappa shape index (κ2) is 9.64. The van der Waals surface area contributed by atoms with E-state index in [2.05, 4.69) is 27.3 Å². The van der Waals surface area contributed by atoms with Gasteiger partial charge in [-0.1, -0.05) is 6.07 Å². The number of ether oxygens (including phenoxy) is 1. The smallest absolute Gasteiger partial charge is 0.255 e. The minimum atomic E-state index is -0.603. The lowest BCUT2D eigenvalue weighted by atomic mass is 9.98. The largest absolute Gasteiger partial charge is 0.384 e. The zero-order valence-corrected chi connectivity index (χ0v) is 19.5. The fourth-order valence-corrected chi connectivity index (χ4v) is 5.39. The second-order valence-corrected chi connectivity index (χ2v) is 9.52. The summed E-state index contributed by atoms with van der Waals surface area (Å²) in [5.74, 6) is -0.245. The van der Waals surface area contributed by atoms with Gasteiger partial charge in [-0.25, -0.2) is 0 Å². The standard InChI is InChI=1S/C26H30N4O4/c1-34-16-18-3-2-10-29(14-18)13-17-8-9-27-22(11-17)19-4-5-21-20(12-19)15-30(26(21)33)23-6-7-24(31)28-25(23)32/h4-5,8-9,11-12,18,23H,2-3,6-7,10,13-16H2,1H3,(H,28,31,32). The van der Waals surface area contributed by atoms with Gasteiger partial charge in [-0.3, -0.25) is 29.6 Å². The van der Waals surface area contributed by atoms with Gasteiger partial charge in [0, 0.05) is 50.5 Å². The number of imide groups is 1. The molecule has 1 aromatic heterocycles. The van der Waals surface area contributed by atoms with E-state index in [4.69, 9.17) is 4.74 Å². The van der Waals surface area contributed by atoms with Crippen LogP contribution in [0.2, 0.25) is 0 Å². The molecular weight excluding hydrogens is 432 g/mol. The van der Waals surface area contributed by atoms with Gasteiger partial charge in [0.1, 0.15) is 6.04 Å². The van der Waals surface area contributed by atoms with Gasteiger partial charge >= 0.3 is 0 Å². The summed E-state index contributed by atoms with van der Waals surface area (Å²) in [6, 6.07) is 9.33. The van der Waals surface area contributed by atoms with Crippen LogP contribution < -0.4 is 5.32 Å². The number of nitrogens with one attached hydrogen (secondary N) is 1. The van der Waals surface area contributed by atoms with Crippen molar-refractivity contribution in [2.24, 2.45) is 5.92 Å². The molecule has 0 saturated carbocycles. The summed E-state index contributed by atoms with van der Waals surface area (Å²) in [7, 11) is 1.77. The molecule has 2 fully saturated rings. The van der Waals surface area contributed by atoms with Crippen molar-refractivity contribution >= 4 is 17.7 Å². The molecule has 3 amide bonds. The average Bonchev–Trinajstić information content (AvgIpc) is 3.15. The van der Waals surface area contributed by atoms with Crippen molar-refractivity contribution in [3.05, 3.63) is 53.2 Å². The van der Waals surface area contributed by atoms with E-state index in [1.807, 2.05) is 24.4 Å². The van der Waals surface area contributed by atoms with Crippen molar-refractivity contribution in [3.63, 3.8) is 0 Å². The van der Waals surface area contributed by atoms with E-state index in [9.17, 15) is 14.4 Å². The molecule has 5 rings (SSSR count). The summed E-state index contributed by atoms with van der Waals surface area (Å²) in [6.07, 6.45) is 4.86. The first kappa shape index (κ1) is 22.7. The van der Waals surface area contributed by atoms with Crippen molar-refractivity contribution in [1.29, 1.82) is 0 Å². The highest BCUT2D eigenvalue weighted by atomic mass is 16.5. The molecule has 2 atom stereocenters. The Morgan fingerprint density at radius 2 is 2.03 bits per heavy atom. The summed E-state index contributed by atoms with van der Waals surface area (Å²) >= 11 is 0. The molecule has 2 aromatic rings. The maximum Gasteiger partial charge on any atom is 0.255 e. The Balaban J connectivity index is 1.31. The van der Waals surface area contributed by atoms with Crippen LogP contribution in [-0.2, 0) is 27.4 Å². The first-order chi connectivity index (χ1) is 16.5. The Labute approximate surface area is 199 Å². The van der Waals surface area contributed by atoms with Crippen LogP contribution in [0, 0.1) is 5.92 Å². The number of benzene rings is 1. The molecule has 4 heterocycles. The predicted octanol–water partition coefficient (Wildman–Crippen LogP) is 2.37. The third kappa shape index (κ3) is 4.60. The third-order valence-corrected chi connectivity index (χ3v) is 7.06. The maximum absolute atomic E-state index is 13.0. The number of amides is 3. The molecular formula is C26H30N4O4. The van der Waals surface area contributed by atoms with E-state index in [-0.39, 0.29) is 18.2 Å². The van der Waals surface area contributed by atoms with E-state index >= 15 is 0 Å². The van der Waals surface area contributed by atoms with E-state index < -0.39 is 11.9 Å². The SMILES string of the molecule is COCC1CCCN(Cc2ccnc(-c3ccc4c(c3)CN(C3CCC(=O)NC3=O)C4=O)c2)C1. The zero-order valence-electron chi connectivity index (χ0n) is 19.5. The van der Waals surface area contributed by atoms with Crippen molar-refractivity contribution in [2.75, 3.05) is 26.8 Å². The predicted molar refractivity (Wildman–Crippen MR) is 126 cm³/mol. The lowest BCUT2D eigenvalue weighted by molar-refractivity contribution is -0.136. The molecule has 0 bridgehead atoms. The fourth-order valence-electron chi connectivity index (χ4n) is 5.39. The molecule has 3 aliphatic rings. The highest BCUT2D eigenvalue weighted by Crippen LogP contribution is 2.31. The van der Waals surface area contributed by atoms with Gasteiger partial charge < -0.3 is 9.64 Å². The molecule has 2 saturated heterocycles. The average molecular weight is 463 g/mol. The quantitative estimate of drug-likeness (QED) is 0.663. The number of piperidine rings is 2. The molecule has 3 aliphatic heterocycles. The van der Waals surface area contributed by atoms with E-state index in [1.54, 1.807) is 12.0 Å². The van der Waals surface area contributed by atoms with Crippen LogP contribution in [0.4, 0.5) is 0 Å². The van der Waals surface area contributed by atoms with Gasteiger partial charge in [-0.05, 0) is 67.1 Å². The van der Waals surface area contributed by atoms with Crippen LogP contribution in [0.25, 0.3) is 11.3 Å². The molecule has 1 aromatic carbocycles. The Bertz CT molecular complexity index is 1120. The van der Waals surface area contributed by atoms with Crippen molar-refractivity contribution in [1.82, 2.24) is 20.1 Å². The number of nitrogens with zero attached hydrogens (tertiary/aromatic N) is 3. The zero-order chi connectivity index (χ0) is 23.7. The molecule has 0 spiro atoms. The van der Waals surface area contributed by atoms with Crippen molar-refractivity contribution < 1.29 is 19.1 Å². The lowest BCUT2D eigenvalue weighted by Crippen LogP contribution is -2.52. The summed E-state index contributed by atoms with van der Waals surface area (Å²) < 4.78 is 5.36. The Hall–Kier alpha value is -3.10. The summed E-state index contributed by atoms with van der Waals surface area (Å²) in [5.41, 5.74) is 4.54. The number of pyridine rings is 1. The molecule has 1 N–H and O–H groups in total. The van der Waals surface area contributed by atoms with Gasteiger partial charge in [0.25, 0.3) is 5.91 Å². The van der Waals surface area contributed by atoms with Gasteiger partial charge in [-0.15, -0.1) is 0 Å². The van der Waals surface area contributed by atoms with Crippen LogP contribution in [0.15, 0.2) is 36.5 Å². The summed E-state index contributed by atoms with van der Waals surface area (Å²) in [5, 5.41) is 2.35. The summed E-state index contributed by atoms with van der Waals surface area (Å²) in [6.45, 7) is 4.19. The van der Waals surface area contributed by atoms with E-state index in [0.717, 1.165) is 43.1 Å². The Morgan fingerprint density at radius 3 is 2.85 bits per heavy atom. The first-order valence-corrected chi connectivity index (χ1v) is 12.0. The van der Waals surface area contributed by atoms with Gasteiger partial charge in [0.05, 0.1) is 12.3 Å². The fraction of sp³-hybridized carbons (Fsp3) is 0.462. The van der Waals surface area contributed by atoms with Crippen LogP contribution in [0.5, 0.6) is 0 Å². The number of carbonyl (C=O) groups is 3. The molecule has 8 nitrogen and oxygen atoms in total. The number of hydrogen-bond donors (Lipinski definition) is 1. The minimum absolute atomic E-state index is 0.159. The molecule has 0 radical (unpaired) electrons. The topological polar surface area (TPSA) is 91.8 Å². The highest BCUT2D eigenvalue weighted by molar-refractivity contribution is 6.05. The molecule has 0 aliphatic carbocycles. The van der Waals surface area contributed by atoms with E-state index in [0.29, 0.717) is 24.4 Å². The van der Waals surface area contributed by atoms with Crippen molar-refractivity contribution in [2.45, 2.75) is 44.8 Å². The number of rotatable bonds is 6. The number of fused-ring (bicyclic) bond motifs is 1. The number of carbonyl (C=O) groups excluding carboxylic acids is 3. The molecule has 34 heavy (non-hydrogen) atoms. The molecule has 8 heteroatoms. The lowest BCUT2D eigenvalue weighted by Gasteiger charge is -2.32. The number of likely N-dealkylation sites (tertiary alicyclic amines) is 1. The van der Waals surface area contributed by atoms with Gasteiger partial charge in [0.15, 0.2) is 0 Å². The van der Waals surface area contributed by atoms with Crippen LogP contribution >= 0.6 is 0 Å². The minimum Gasteiger partial charge on any atom is -0.384 e. The normalized spacial score (nSPS) is 23.2. The first-order valence-electron chi connectivity index (χ1n) is 12.0. The van der Waals surface area contributed by atoms with E-state index in [1.165, 1.54) is 18.4 Å². The van der Waals surface area contributed by atoms with Crippen LogP contribution in [-0.4, -0.2) is 65.4 Å². The number of aromatic nitrogens is 1. The monoisotopic (exact) mass is 462 g/mol. The number of methoxy groups -OCH3 is 1. The maximum atomic E-state index is 13.0. The molecule has 2 unspecified atom stereocenters. The Kier molecular flexibility index (Phi) is 6.43. The van der Waals surface area contributed by atoms with Gasteiger partial charge in [0.2, 0.25) is 11.8 Å². The third-order valence-electron chi connectivity index (χ3n) is 7.06. The van der Waals surface area contributed by atoms with Crippen molar-refractivity contribution in [3.8, 4) is 11.3 Å². The van der Waals surface area contributed by atoms with Crippen LogP contribution in [0.3, 0.4) is 0 Å². The van der Waals surface area contributed by atoms with Crippen LogP contribution in [0.1, 0.15) is 47.2 Å². The second-order valence-electron chi connectivity index (χ2n) is 9.52. The molecule has 178 valence electrons. The Morgan fingerprint density at radius 1 is 1.15 bits per heavy atom. The number of hydrogen-bond acceptors (Lipinski definition) is 6. The van der Waals surface area contributed by atoms with Gasteiger partial charge in [-0.2, -0.15) is 0 Å².